The summed E-state index contributed by atoms with van der Waals surface area (Å²) < 4.78 is 6.55. The molecule has 3 nitrogen and oxygen atoms in total. The molecular weight excluding hydrogens is 306 g/mol. The summed E-state index contributed by atoms with van der Waals surface area (Å²) in [5.41, 5.74) is 0.990. The first kappa shape index (κ1) is 16.0. The summed E-state index contributed by atoms with van der Waals surface area (Å²) in [7, 11) is 0. The highest BCUT2D eigenvalue weighted by Crippen LogP contribution is 2.21. The Morgan fingerprint density at radius 3 is 1.95 bits per heavy atom. The highest BCUT2D eigenvalue weighted by Gasteiger charge is 2.23. The lowest BCUT2D eigenvalue weighted by atomic mass is 10.1. The van der Waals surface area contributed by atoms with Gasteiger partial charge < -0.3 is 9.64 Å². The normalized spacial score (nSPS) is 12.6. The maximum absolute atomic E-state index is 12.2. The third-order valence-corrected chi connectivity index (χ3v) is 3.47. The van der Waals surface area contributed by atoms with Crippen LogP contribution in [0.1, 0.15) is 46.3 Å². The van der Waals surface area contributed by atoms with E-state index >= 15 is 0 Å². The molecule has 19 heavy (non-hydrogen) atoms. The number of hydrogen-bond donors (Lipinski definition) is 0. The van der Waals surface area contributed by atoms with E-state index in [1.165, 1.54) is 0 Å². The second kappa shape index (κ2) is 6.94. The van der Waals surface area contributed by atoms with E-state index in [9.17, 15) is 4.79 Å². The van der Waals surface area contributed by atoms with Gasteiger partial charge in [0, 0.05) is 16.6 Å². The van der Waals surface area contributed by atoms with Crippen molar-refractivity contribution < 1.29 is 9.53 Å². The summed E-state index contributed by atoms with van der Waals surface area (Å²) in [5.74, 6) is 0. The molecule has 0 saturated heterocycles. The largest absolute Gasteiger partial charge is 0.442 e. The Bertz CT molecular complexity index is 407. The van der Waals surface area contributed by atoms with E-state index in [4.69, 9.17) is 4.74 Å². The molecule has 1 rings (SSSR count). The number of rotatable bonds is 4. The predicted molar refractivity (Wildman–Crippen MR) is 81.1 cm³/mol. The molecule has 0 heterocycles. The first-order valence-electron chi connectivity index (χ1n) is 6.57. The standard InChI is InChI=1S/C15H22BrNO2/c1-10(2)17(11(3)4)15(18)19-12(5)13-6-8-14(16)9-7-13/h6-12H,1-5H3. The van der Waals surface area contributed by atoms with Crippen molar-refractivity contribution in [3.05, 3.63) is 34.3 Å². The van der Waals surface area contributed by atoms with Crippen LogP contribution in [0.5, 0.6) is 0 Å². The van der Waals surface area contributed by atoms with E-state index in [-0.39, 0.29) is 24.3 Å². The van der Waals surface area contributed by atoms with Gasteiger partial charge in [-0.3, -0.25) is 0 Å². The highest BCUT2D eigenvalue weighted by molar-refractivity contribution is 9.10. The molecule has 106 valence electrons. The van der Waals surface area contributed by atoms with Crippen LogP contribution in [0.25, 0.3) is 0 Å². The Hall–Kier alpha value is -1.03. The van der Waals surface area contributed by atoms with Crippen molar-refractivity contribution >= 4 is 22.0 Å². The van der Waals surface area contributed by atoms with Crippen molar-refractivity contribution in [3.8, 4) is 0 Å². The van der Waals surface area contributed by atoms with Crippen LogP contribution in [0.15, 0.2) is 28.7 Å². The fourth-order valence-corrected chi connectivity index (χ4v) is 2.30. The third-order valence-electron chi connectivity index (χ3n) is 2.94. The van der Waals surface area contributed by atoms with Crippen LogP contribution in [0, 0.1) is 0 Å². The Balaban J connectivity index is 2.72. The van der Waals surface area contributed by atoms with Gasteiger partial charge in [-0.1, -0.05) is 28.1 Å². The molecule has 0 N–H and O–H groups in total. The van der Waals surface area contributed by atoms with Crippen molar-refractivity contribution in [1.82, 2.24) is 4.90 Å². The van der Waals surface area contributed by atoms with Crippen LogP contribution in [0.4, 0.5) is 4.79 Å². The van der Waals surface area contributed by atoms with Gasteiger partial charge in [-0.25, -0.2) is 4.79 Å². The smallest absolute Gasteiger partial charge is 0.410 e. The average molecular weight is 328 g/mol. The van der Waals surface area contributed by atoms with Gasteiger partial charge in [0.15, 0.2) is 0 Å². The van der Waals surface area contributed by atoms with Crippen LogP contribution in [0.2, 0.25) is 0 Å². The molecule has 0 bridgehead atoms. The monoisotopic (exact) mass is 327 g/mol. The van der Waals surface area contributed by atoms with Crippen LogP contribution < -0.4 is 0 Å². The van der Waals surface area contributed by atoms with Gasteiger partial charge in [-0.2, -0.15) is 0 Å². The Labute approximate surface area is 124 Å². The Morgan fingerprint density at radius 1 is 1.05 bits per heavy atom. The molecule has 4 heteroatoms. The topological polar surface area (TPSA) is 29.5 Å². The molecule has 1 unspecified atom stereocenters. The number of nitrogens with zero attached hydrogens (tertiary/aromatic N) is 1. The minimum absolute atomic E-state index is 0.129. The van der Waals surface area contributed by atoms with Crippen LogP contribution in [-0.4, -0.2) is 23.1 Å². The van der Waals surface area contributed by atoms with E-state index in [1.807, 2.05) is 58.9 Å². The second-order valence-electron chi connectivity index (χ2n) is 5.17. The molecule has 1 atom stereocenters. The highest BCUT2D eigenvalue weighted by atomic mass is 79.9. The van der Waals surface area contributed by atoms with Gasteiger partial charge >= 0.3 is 6.09 Å². The molecule has 0 aliphatic heterocycles. The van der Waals surface area contributed by atoms with Crippen molar-refractivity contribution in [2.75, 3.05) is 0 Å². The molecule has 0 aliphatic carbocycles. The minimum atomic E-state index is -0.264. The van der Waals surface area contributed by atoms with Gasteiger partial charge in [0.05, 0.1) is 0 Å². The van der Waals surface area contributed by atoms with Gasteiger partial charge in [0.25, 0.3) is 0 Å². The molecule has 1 aromatic carbocycles. The van der Waals surface area contributed by atoms with E-state index in [1.54, 1.807) is 4.90 Å². The fraction of sp³-hybridized carbons (Fsp3) is 0.533. The first-order valence-corrected chi connectivity index (χ1v) is 7.36. The van der Waals surface area contributed by atoms with Gasteiger partial charge in [-0.15, -0.1) is 0 Å². The van der Waals surface area contributed by atoms with Gasteiger partial charge in [0.1, 0.15) is 6.10 Å². The summed E-state index contributed by atoms with van der Waals surface area (Å²) >= 11 is 3.39. The van der Waals surface area contributed by atoms with Gasteiger partial charge in [-0.05, 0) is 52.3 Å². The molecule has 0 aliphatic rings. The maximum Gasteiger partial charge on any atom is 0.410 e. The number of carbonyl (C=O) groups is 1. The van der Waals surface area contributed by atoms with Crippen molar-refractivity contribution in [1.29, 1.82) is 0 Å². The zero-order valence-electron chi connectivity index (χ0n) is 12.2. The molecule has 0 saturated carbocycles. The number of benzene rings is 1. The second-order valence-corrected chi connectivity index (χ2v) is 6.09. The average Bonchev–Trinajstić information content (AvgIpc) is 2.28. The molecule has 1 aromatic rings. The van der Waals surface area contributed by atoms with E-state index in [0.717, 1.165) is 10.0 Å². The third kappa shape index (κ3) is 4.53. The SMILES string of the molecule is CC(OC(=O)N(C(C)C)C(C)C)c1ccc(Br)cc1. The van der Waals surface area contributed by atoms with Crippen LogP contribution in [-0.2, 0) is 4.74 Å². The predicted octanol–water partition coefficient (Wildman–Crippen LogP) is 4.77. The Kier molecular flexibility index (Phi) is 5.85. The summed E-state index contributed by atoms with van der Waals surface area (Å²) in [6.07, 6.45) is -0.513. The zero-order valence-corrected chi connectivity index (χ0v) is 13.8. The molecular formula is C15H22BrNO2. The molecule has 1 amide bonds. The number of hydrogen-bond acceptors (Lipinski definition) is 2. The van der Waals surface area contributed by atoms with E-state index < -0.39 is 0 Å². The number of carbonyl (C=O) groups excluding carboxylic acids is 1. The fourth-order valence-electron chi connectivity index (χ4n) is 2.03. The van der Waals surface area contributed by atoms with E-state index in [0.29, 0.717) is 0 Å². The molecule has 0 radical (unpaired) electrons. The van der Waals surface area contributed by atoms with Crippen molar-refractivity contribution in [2.45, 2.75) is 52.8 Å². The lowest BCUT2D eigenvalue weighted by molar-refractivity contribution is 0.0511. The van der Waals surface area contributed by atoms with Gasteiger partial charge in [0.2, 0.25) is 0 Å². The zero-order chi connectivity index (χ0) is 14.6. The van der Waals surface area contributed by atoms with Crippen molar-refractivity contribution in [2.24, 2.45) is 0 Å². The van der Waals surface area contributed by atoms with E-state index in [2.05, 4.69) is 15.9 Å². The number of halogens is 1. The van der Waals surface area contributed by atoms with Crippen molar-refractivity contribution in [3.63, 3.8) is 0 Å². The quantitative estimate of drug-likeness (QED) is 0.797. The number of ether oxygens (including phenoxy) is 1. The maximum atomic E-state index is 12.2. The van der Waals surface area contributed by atoms with Crippen LogP contribution >= 0.6 is 15.9 Å². The molecule has 0 aromatic heterocycles. The Morgan fingerprint density at radius 2 is 1.53 bits per heavy atom. The molecule has 0 fully saturated rings. The molecule has 0 spiro atoms. The lowest BCUT2D eigenvalue weighted by Gasteiger charge is -2.31. The minimum Gasteiger partial charge on any atom is -0.442 e. The summed E-state index contributed by atoms with van der Waals surface area (Å²) in [4.78, 5) is 13.9. The van der Waals surface area contributed by atoms with Crippen LogP contribution in [0.3, 0.4) is 0 Å². The number of amides is 1. The first-order chi connectivity index (χ1) is 8.82. The lowest BCUT2D eigenvalue weighted by Crippen LogP contribution is -2.42. The summed E-state index contributed by atoms with van der Waals surface area (Å²) in [5, 5.41) is 0. The summed E-state index contributed by atoms with van der Waals surface area (Å²) in [6, 6.07) is 8.06. The summed E-state index contributed by atoms with van der Waals surface area (Å²) in [6.45, 7) is 9.86.